The van der Waals surface area contributed by atoms with E-state index >= 15 is 0 Å². The third-order valence-corrected chi connectivity index (χ3v) is 6.95. The van der Waals surface area contributed by atoms with E-state index in [2.05, 4.69) is 40.7 Å². The van der Waals surface area contributed by atoms with Crippen LogP contribution in [-0.2, 0) is 11.4 Å². The lowest BCUT2D eigenvalue weighted by molar-refractivity contribution is -0.0289. The van der Waals surface area contributed by atoms with Crippen LogP contribution in [0.15, 0.2) is 18.5 Å². The van der Waals surface area contributed by atoms with Gasteiger partial charge in [-0.2, -0.15) is 5.10 Å². The molecular formula is C23H34N6O. The first-order chi connectivity index (χ1) is 14.7. The van der Waals surface area contributed by atoms with E-state index < -0.39 is 0 Å². The number of hydroxylamine groups is 1. The Hall–Kier alpha value is -2.12. The molecule has 1 saturated carbocycles. The summed E-state index contributed by atoms with van der Waals surface area (Å²) in [5.41, 5.74) is 7.33. The first-order valence-corrected chi connectivity index (χ1v) is 11.7. The fourth-order valence-electron chi connectivity index (χ4n) is 5.27. The van der Waals surface area contributed by atoms with Gasteiger partial charge in [0.1, 0.15) is 5.60 Å². The summed E-state index contributed by atoms with van der Waals surface area (Å²) in [4.78, 5) is 13.4. The SMILES string of the molecule is CCCN1CCC(Nc2c(C3=CC4(CCCC4)ON3)cnc3c2cnn3CC)CC1. The maximum Gasteiger partial charge on any atom is 0.159 e. The number of nitrogens with one attached hydrogen (secondary N) is 2. The fraction of sp³-hybridized carbons (Fsp3) is 0.652. The van der Waals surface area contributed by atoms with Gasteiger partial charge < -0.3 is 10.2 Å². The number of likely N-dealkylation sites (tertiary alicyclic amines) is 1. The molecule has 0 atom stereocenters. The first kappa shape index (κ1) is 19.8. The van der Waals surface area contributed by atoms with Gasteiger partial charge in [-0.15, -0.1) is 0 Å². The van der Waals surface area contributed by atoms with E-state index in [1.165, 1.54) is 25.8 Å². The van der Waals surface area contributed by atoms with Crippen LogP contribution in [-0.4, -0.2) is 50.9 Å². The predicted octanol–water partition coefficient (Wildman–Crippen LogP) is 3.93. The van der Waals surface area contributed by atoms with Crippen molar-refractivity contribution in [1.82, 2.24) is 25.1 Å². The van der Waals surface area contributed by atoms with Crippen LogP contribution in [0.2, 0.25) is 0 Å². The van der Waals surface area contributed by atoms with Crippen LogP contribution in [0.25, 0.3) is 16.7 Å². The third kappa shape index (κ3) is 3.58. The molecule has 7 nitrogen and oxygen atoms in total. The topological polar surface area (TPSA) is 67.2 Å². The molecule has 1 spiro atoms. The predicted molar refractivity (Wildman–Crippen MR) is 120 cm³/mol. The number of nitrogens with zero attached hydrogens (tertiary/aromatic N) is 4. The Bertz CT molecular complexity index is 921. The normalized spacial score (nSPS) is 22.0. The highest BCUT2D eigenvalue weighted by atomic mass is 16.7. The van der Waals surface area contributed by atoms with Gasteiger partial charge in [-0.3, -0.25) is 10.3 Å². The van der Waals surface area contributed by atoms with Gasteiger partial charge in [0.2, 0.25) is 0 Å². The average molecular weight is 411 g/mol. The summed E-state index contributed by atoms with van der Waals surface area (Å²) in [6, 6.07) is 0.468. The fourth-order valence-corrected chi connectivity index (χ4v) is 5.27. The Morgan fingerprint density at radius 2 is 2.00 bits per heavy atom. The molecule has 30 heavy (non-hydrogen) atoms. The van der Waals surface area contributed by atoms with Crippen molar-refractivity contribution in [2.45, 2.75) is 77.0 Å². The number of hydrogen-bond acceptors (Lipinski definition) is 6. The summed E-state index contributed by atoms with van der Waals surface area (Å²) in [7, 11) is 0. The standard InChI is InChI=1S/C23H34N6O/c1-3-11-28-12-7-17(8-13-28)26-21-18(15-24-22-19(21)16-25-29(22)4-2)20-14-23(30-27-20)9-5-6-10-23/h14-17,27H,3-13H2,1-2H3,(H,24,26). The molecule has 0 amide bonds. The maximum absolute atomic E-state index is 6.07. The smallest absolute Gasteiger partial charge is 0.159 e. The second kappa shape index (κ2) is 8.19. The number of pyridine rings is 1. The van der Waals surface area contributed by atoms with Crippen LogP contribution in [0.5, 0.6) is 0 Å². The van der Waals surface area contributed by atoms with Crippen molar-refractivity contribution < 1.29 is 4.84 Å². The molecule has 2 aromatic heterocycles. The molecule has 2 fully saturated rings. The minimum absolute atomic E-state index is 0.138. The summed E-state index contributed by atoms with van der Waals surface area (Å²) in [5, 5.41) is 9.57. The highest BCUT2D eigenvalue weighted by Crippen LogP contribution is 2.41. The maximum atomic E-state index is 6.07. The largest absolute Gasteiger partial charge is 0.381 e. The number of fused-ring (bicyclic) bond motifs is 1. The highest BCUT2D eigenvalue weighted by Gasteiger charge is 2.39. The molecule has 0 radical (unpaired) electrons. The average Bonchev–Trinajstić information content (AvgIpc) is 3.50. The molecule has 2 aromatic rings. The Kier molecular flexibility index (Phi) is 5.41. The molecule has 0 aromatic carbocycles. The van der Waals surface area contributed by atoms with E-state index in [-0.39, 0.29) is 5.60 Å². The molecule has 3 aliphatic rings. The molecule has 0 unspecified atom stereocenters. The summed E-state index contributed by atoms with van der Waals surface area (Å²) < 4.78 is 1.97. The lowest BCUT2D eigenvalue weighted by atomic mass is 9.98. The van der Waals surface area contributed by atoms with Gasteiger partial charge in [0.25, 0.3) is 0 Å². The molecule has 1 aliphatic carbocycles. The molecule has 2 N–H and O–H groups in total. The van der Waals surface area contributed by atoms with Crippen molar-refractivity contribution in [2.24, 2.45) is 0 Å². The van der Waals surface area contributed by atoms with Crippen molar-refractivity contribution in [2.75, 3.05) is 25.0 Å². The highest BCUT2D eigenvalue weighted by molar-refractivity contribution is 5.95. The van der Waals surface area contributed by atoms with Crippen LogP contribution in [0, 0.1) is 0 Å². The minimum Gasteiger partial charge on any atom is -0.381 e. The van der Waals surface area contributed by atoms with E-state index in [9.17, 15) is 0 Å². The molecule has 7 heteroatoms. The summed E-state index contributed by atoms with van der Waals surface area (Å²) in [5.74, 6) is 0. The van der Waals surface area contributed by atoms with Crippen molar-refractivity contribution in [1.29, 1.82) is 0 Å². The molecule has 0 bridgehead atoms. The monoisotopic (exact) mass is 410 g/mol. The van der Waals surface area contributed by atoms with Crippen LogP contribution < -0.4 is 10.8 Å². The third-order valence-electron chi connectivity index (χ3n) is 6.95. The Labute approximate surface area is 178 Å². The van der Waals surface area contributed by atoms with Crippen molar-refractivity contribution >= 4 is 22.4 Å². The molecule has 2 aliphatic heterocycles. The van der Waals surface area contributed by atoms with E-state index in [1.807, 2.05) is 17.1 Å². The zero-order valence-electron chi connectivity index (χ0n) is 18.3. The van der Waals surface area contributed by atoms with E-state index in [1.54, 1.807) is 0 Å². The minimum atomic E-state index is -0.138. The second-order valence-electron chi connectivity index (χ2n) is 9.04. The zero-order valence-corrected chi connectivity index (χ0v) is 18.3. The van der Waals surface area contributed by atoms with E-state index in [4.69, 9.17) is 9.82 Å². The van der Waals surface area contributed by atoms with Crippen LogP contribution in [0.1, 0.15) is 64.4 Å². The zero-order chi connectivity index (χ0) is 20.6. The second-order valence-corrected chi connectivity index (χ2v) is 9.04. The van der Waals surface area contributed by atoms with Gasteiger partial charge in [-0.05, 0) is 51.6 Å². The summed E-state index contributed by atoms with van der Waals surface area (Å²) in [6.45, 7) is 8.72. The van der Waals surface area contributed by atoms with Crippen molar-refractivity contribution in [3.05, 3.63) is 24.0 Å². The quantitative estimate of drug-likeness (QED) is 0.752. The van der Waals surface area contributed by atoms with E-state index in [0.29, 0.717) is 6.04 Å². The number of aromatic nitrogens is 3. The summed E-state index contributed by atoms with van der Waals surface area (Å²) in [6.07, 6.45) is 14.4. The van der Waals surface area contributed by atoms with Gasteiger partial charge in [0.05, 0.1) is 23.0 Å². The van der Waals surface area contributed by atoms with Gasteiger partial charge in [0, 0.05) is 37.4 Å². The van der Waals surface area contributed by atoms with Gasteiger partial charge >= 0.3 is 0 Å². The van der Waals surface area contributed by atoms with Crippen LogP contribution in [0.4, 0.5) is 5.69 Å². The van der Waals surface area contributed by atoms with Gasteiger partial charge in [-0.25, -0.2) is 9.67 Å². The molecular weight excluding hydrogens is 376 g/mol. The lowest BCUT2D eigenvalue weighted by Gasteiger charge is -2.33. The van der Waals surface area contributed by atoms with Crippen molar-refractivity contribution in [3.8, 4) is 0 Å². The molecule has 5 rings (SSSR count). The molecule has 1 saturated heterocycles. The number of aryl methyl sites for hydroxylation is 1. The molecule has 4 heterocycles. The Morgan fingerprint density at radius 3 is 2.73 bits per heavy atom. The Balaban J connectivity index is 1.47. The first-order valence-electron chi connectivity index (χ1n) is 11.7. The summed E-state index contributed by atoms with van der Waals surface area (Å²) >= 11 is 0. The Morgan fingerprint density at radius 1 is 1.20 bits per heavy atom. The number of rotatable bonds is 6. The number of anilines is 1. The van der Waals surface area contributed by atoms with Crippen molar-refractivity contribution in [3.63, 3.8) is 0 Å². The number of piperidine rings is 1. The van der Waals surface area contributed by atoms with Gasteiger partial charge in [0.15, 0.2) is 5.65 Å². The van der Waals surface area contributed by atoms with Crippen LogP contribution in [0.3, 0.4) is 0 Å². The van der Waals surface area contributed by atoms with Gasteiger partial charge in [-0.1, -0.05) is 19.8 Å². The van der Waals surface area contributed by atoms with Crippen LogP contribution >= 0.6 is 0 Å². The van der Waals surface area contributed by atoms with E-state index in [0.717, 1.165) is 73.3 Å². The number of hydrogen-bond donors (Lipinski definition) is 2. The molecule has 162 valence electrons. The lowest BCUT2D eigenvalue weighted by Crippen LogP contribution is -2.39.